The Hall–Kier alpha value is -2.81. The molecule has 0 spiro atoms. The monoisotopic (exact) mass is 490 g/mol. The average molecular weight is 491 g/mol. The standard InChI is InChI=1S/C24H27ClN2O5S/c1-4-15-31-19-9-5-17(6-10-19)21(27(2)3)16-26-24(28)22-13-14-23(32-22)33(29,30)20-11-7-18(25)8-12-20/h5-14,21H,4,15-16H2,1-3H3,(H,26,28). The second-order valence-corrected chi connectivity index (χ2v) is 10.0. The molecule has 2 aromatic carbocycles. The highest BCUT2D eigenvalue weighted by Crippen LogP contribution is 2.25. The number of amides is 1. The lowest BCUT2D eigenvalue weighted by atomic mass is 10.1. The number of nitrogens with zero attached hydrogens (tertiary/aromatic N) is 1. The molecule has 0 saturated heterocycles. The molecular formula is C24H27ClN2O5S. The summed E-state index contributed by atoms with van der Waals surface area (Å²) in [6.45, 7) is 3.01. The van der Waals surface area contributed by atoms with Gasteiger partial charge in [-0.1, -0.05) is 30.7 Å². The van der Waals surface area contributed by atoms with Crippen LogP contribution in [0.3, 0.4) is 0 Å². The van der Waals surface area contributed by atoms with Gasteiger partial charge in [0.15, 0.2) is 5.76 Å². The van der Waals surface area contributed by atoms with Crippen molar-refractivity contribution in [1.82, 2.24) is 10.2 Å². The normalized spacial score (nSPS) is 12.5. The molecule has 0 fully saturated rings. The largest absolute Gasteiger partial charge is 0.494 e. The minimum absolute atomic E-state index is 0.0345. The first kappa shape index (κ1) is 24.8. The number of furan rings is 1. The molecule has 0 bridgehead atoms. The minimum Gasteiger partial charge on any atom is -0.494 e. The van der Waals surface area contributed by atoms with Gasteiger partial charge in [0.2, 0.25) is 14.9 Å². The van der Waals surface area contributed by atoms with E-state index >= 15 is 0 Å². The molecule has 9 heteroatoms. The number of halogens is 1. The first-order valence-corrected chi connectivity index (χ1v) is 12.4. The van der Waals surface area contributed by atoms with Crippen LogP contribution in [0.25, 0.3) is 0 Å². The predicted molar refractivity (Wildman–Crippen MR) is 127 cm³/mol. The Bertz CT molecular complexity index is 1170. The van der Waals surface area contributed by atoms with E-state index in [1.807, 2.05) is 50.2 Å². The molecule has 1 amide bonds. The summed E-state index contributed by atoms with van der Waals surface area (Å²) in [5.74, 6) is 0.220. The molecule has 176 valence electrons. The van der Waals surface area contributed by atoms with Gasteiger partial charge >= 0.3 is 0 Å². The van der Waals surface area contributed by atoms with Crippen molar-refractivity contribution >= 4 is 27.3 Å². The van der Waals surface area contributed by atoms with E-state index in [4.69, 9.17) is 20.8 Å². The molecule has 0 radical (unpaired) electrons. The van der Waals surface area contributed by atoms with Crippen molar-refractivity contribution in [3.8, 4) is 5.75 Å². The van der Waals surface area contributed by atoms with Crippen molar-refractivity contribution in [2.24, 2.45) is 0 Å². The van der Waals surface area contributed by atoms with Crippen LogP contribution in [0.15, 0.2) is 75.1 Å². The Morgan fingerprint density at radius 2 is 1.73 bits per heavy atom. The maximum absolute atomic E-state index is 12.7. The number of hydrogen-bond acceptors (Lipinski definition) is 6. The lowest BCUT2D eigenvalue weighted by Crippen LogP contribution is -2.34. The van der Waals surface area contributed by atoms with Crippen LogP contribution in [0, 0.1) is 0 Å². The number of sulfone groups is 1. The summed E-state index contributed by atoms with van der Waals surface area (Å²) < 4.78 is 36.5. The fraction of sp³-hybridized carbons (Fsp3) is 0.292. The van der Waals surface area contributed by atoms with E-state index < -0.39 is 15.7 Å². The zero-order valence-corrected chi connectivity index (χ0v) is 20.3. The molecule has 0 aliphatic rings. The Kier molecular flexibility index (Phi) is 8.18. The lowest BCUT2D eigenvalue weighted by Gasteiger charge is -2.25. The van der Waals surface area contributed by atoms with Gasteiger partial charge in [-0.3, -0.25) is 4.79 Å². The molecule has 0 saturated carbocycles. The van der Waals surface area contributed by atoms with Crippen molar-refractivity contribution in [3.05, 3.63) is 77.0 Å². The maximum Gasteiger partial charge on any atom is 0.287 e. The summed E-state index contributed by atoms with van der Waals surface area (Å²) in [6.07, 6.45) is 0.934. The zero-order valence-electron chi connectivity index (χ0n) is 18.7. The van der Waals surface area contributed by atoms with Crippen LogP contribution < -0.4 is 10.1 Å². The third kappa shape index (κ3) is 6.16. The van der Waals surface area contributed by atoms with Crippen molar-refractivity contribution in [2.75, 3.05) is 27.2 Å². The maximum atomic E-state index is 12.7. The van der Waals surface area contributed by atoms with Gasteiger partial charge in [0.1, 0.15) is 5.75 Å². The van der Waals surface area contributed by atoms with Gasteiger partial charge in [-0.15, -0.1) is 0 Å². The van der Waals surface area contributed by atoms with Crippen LogP contribution in [0.1, 0.15) is 35.5 Å². The Morgan fingerprint density at radius 1 is 1.06 bits per heavy atom. The number of benzene rings is 2. The summed E-state index contributed by atoms with van der Waals surface area (Å²) in [4.78, 5) is 14.7. The van der Waals surface area contributed by atoms with Gasteiger partial charge in [0, 0.05) is 11.6 Å². The first-order valence-electron chi connectivity index (χ1n) is 10.5. The molecule has 1 aromatic heterocycles. The fourth-order valence-corrected chi connectivity index (χ4v) is 4.50. The molecule has 1 unspecified atom stereocenters. The fourth-order valence-electron chi connectivity index (χ4n) is 3.20. The molecule has 33 heavy (non-hydrogen) atoms. The van der Waals surface area contributed by atoms with E-state index in [0.29, 0.717) is 18.2 Å². The highest BCUT2D eigenvalue weighted by atomic mass is 35.5. The number of ether oxygens (including phenoxy) is 1. The highest BCUT2D eigenvalue weighted by Gasteiger charge is 2.24. The van der Waals surface area contributed by atoms with Crippen LogP contribution >= 0.6 is 11.6 Å². The van der Waals surface area contributed by atoms with Gasteiger partial charge < -0.3 is 19.4 Å². The first-order chi connectivity index (χ1) is 15.7. The molecule has 0 aliphatic heterocycles. The van der Waals surface area contributed by atoms with Gasteiger partial charge in [0.05, 0.1) is 17.5 Å². The Balaban J connectivity index is 1.68. The summed E-state index contributed by atoms with van der Waals surface area (Å²) in [5.41, 5.74) is 1.01. The molecular weight excluding hydrogens is 464 g/mol. The highest BCUT2D eigenvalue weighted by molar-refractivity contribution is 7.91. The van der Waals surface area contributed by atoms with E-state index in [1.165, 1.54) is 36.4 Å². The number of carbonyl (C=O) groups is 1. The third-order valence-corrected chi connectivity index (χ3v) is 6.90. The minimum atomic E-state index is -3.89. The van der Waals surface area contributed by atoms with Crippen molar-refractivity contribution < 1.29 is 22.4 Å². The van der Waals surface area contributed by atoms with Gasteiger partial charge in [-0.2, -0.15) is 0 Å². The van der Waals surface area contributed by atoms with Crippen molar-refractivity contribution in [1.29, 1.82) is 0 Å². The second kappa shape index (κ2) is 10.9. The van der Waals surface area contributed by atoms with E-state index in [-0.39, 0.29) is 21.8 Å². The topological polar surface area (TPSA) is 88.8 Å². The van der Waals surface area contributed by atoms with Crippen LogP contribution in [0.4, 0.5) is 0 Å². The van der Waals surface area contributed by atoms with E-state index in [2.05, 4.69) is 5.32 Å². The molecule has 1 N–H and O–H groups in total. The quantitative estimate of drug-likeness (QED) is 0.447. The van der Waals surface area contributed by atoms with Crippen molar-refractivity contribution in [2.45, 2.75) is 29.4 Å². The Labute approximate surface area is 199 Å². The second-order valence-electron chi connectivity index (χ2n) is 7.68. The lowest BCUT2D eigenvalue weighted by molar-refractivity contribution is 0.0908. The number of likely N-dealkylation sites (N-methyl/N-ethyl adjacent to an activating group) is 1. The van der Waals surface area contributed by atoms with E-state index in [9.17, 15) is 13.2 Å². The van der Waals surface area contributed by atoms with Gasteiger partial charge in [0.25, 0.3) is 5.91 Å². The van der Waals surface area contributed by atoms with Crippen LogP contribution in [0.5, 0.6) is 5.75 Å². The van der Waals surface area contributed by atoms with E-state index in [0.717, 1.165) is 17.7 Å². The molecule has 3 rings (SSSR count). The molecule has 1 heterocycles. The number of rotatable bonds is 10. The summed E-state index contributed by atoms with van der Waals surface area (Å²) in [7, 11) is -0.0551. The number of hydrogen-bond donors (Lipinski definition) is 1. The SMILES string of the molecule is CCCOc1ccc(C(CNC(=O)c2ccc(S(=O)(=O)c3ccc(Cl)cc3)o2)N(C)C)cc1. The molecule has 7 nitrogen and oxygen atoms in total. The number of carbonyl (C=O) groups excluding carboxylic acids is 1. The van der Waals surface area contributed by atoms with Gasteiger partial charge in [-0.05, 0) is 74.6 Å². The van der Waals surface area contributed by atoms with Crippen LogP contribution in [-0.4, -0.2) is 46.5 Å². The van der Waals surface area contributed by atoms with Gasteiger partial charge in [-0.25, -0.2) is 8.42 Å². The summed E-state index contributed by atoms with van der Waals surface area (Å²) >= 11 is 5.83. The summed E-state index contributed by atoms with van der Waals surface area (Å²) in [5, 5.41) is 2.94. The average Bonchev–Trinajstić information content (AvgIpc) is 3.30. The van der Waals surface area contributed by atoms with E-state index in [1.54, 1.807) is 0 Å². The smallest absolute Gasteiger partial charge is 0.287 e. The summed E-state index contributed by atoms with van der Waals surface area (Å²) in [6, 6.07) is 16.0. The number of nitrogens with one attached hydrogen (secondary N) is 1. The third-order valence-electron chi connectivity index (χ3n) is 5.01. The Morgan fingerprint density at radius 3 is 2.33 bits per heavy atom. The zero-order chi connectivity index (χ0) is 24.0. The molecule has 1 atom stereocenters. The van der Waals surface area contributed by atoms with Crippen molar-refractivity contribution in [3.63, 3.8) is 0 Å². The molecule has 0 aliphatic carbocycles. The predicted octanol–water partition coefficient (Wildman–Crippen LogP) is 4.59. The van der Waals surface area contributed by atoms with Crippen LogP contribution in [0.2, 0.25) is 5.02 Å². The van der Waals surface area contributed by atoms with Crippen LogP contribution in [-0.2, 0) is 9.84 Å². The molecule has 3 aromatic rings.